The highest BCUT2D eigenvalue weighted by molar-refractivity contribution is 6.00. The van der Waals surface area contributed by atoms with Gasteiger partial charge >= 0.3 is 11.9 Å². The Kier molecular flexibility index (Phi) is 11.3. The molecule has 0 fully saturated rings. The van der Waals surface area contributed by atoms with Crippen molar-refractivity contribution in [3.05, 3.63) is 0 Å². The first kappa shape index (κ1) is 21.9. The Balaban J connectivity index is 4.74. The zero-order chi connectivity index (χ0) is 18.4. The van der Waals surface area contributed by atoms with Crippen LogP contribution in [0.25, 0.3) is 0 Å². The van der Waals surface area contributed by atoms with E-state index < -0.39 is 17.4 Å². The van der Waals surface area contributed by atoms with Gasteiger partial charge in [0.2, 0.25) is 0 Å². The van der Waals surface area contributed by atoms with Crippen LogP contribution in [0.5, 0.6) is 0 Å². The summed E-state index contributed by atoms with van der Waals surface area (Å²) in [5.74, 6) is -0.780. The highest BCUT2D eigenvalue weighted by atomic mass is 16.6. The number of carbonyl (C=O) groups excluding carboxylic acids is 2. The van der Waals surface area contributed by atoms with Gasteiger partial charge in [-0.2, -0.15) is 10.5 Å². The molecule has 0 aliphatic carbocycles. The number of nitrogens with zero attached hydrogens (tertiary/aromatic N) is 2. The SMILES string of the molecule is COC(=O)C(CCC#N)(CCC#N)C(=O)OCCCCCC(C)C. The molecule has 134 valence electrons. The lowest BCUT2D eigenvalue weighted by Crippen LogP contribution is -2.41. The summed E-state index contributed by atoms with van der Waals surface area (Å²) in [7, 11) is 1.19. The van der Waals surface area contributed by atoms with Gasteiger partial charge in [-0.25, -0.2) is 0 Å². The topological polar surface area (TPSA) is 100 Å². The number of methoxy groups -OCH3 is 1. The number of hydrogen-bond donors (Lipinski definition) is 0. The number of hydrogen-bond acceptors (Lipinski definition) is 6. The summed E-state index contributed by atoms with van der Waals surface area (Å²) in [5.41, 5.74) is -1.56. The van der Waals surface area contributed by atoms with Crippen molar-refractivity contribution >= 4 is 11.9 Å². The van der Waals surface area contributed by atoms with E-state index in [0.29, 0.717) is 5.92 Å². The summed E-state index contributed by atoms with van der Waals surface area (Å²) < 4.78 is 10.0. The fourth-order valence-electron chi connectivity index (χ4n) is 2.48. The van der Waals surface area contributed by atoms with Crippen LogP contribution in [-0.4, -0.2) is 25.7 Å². The molecule has 6 heteroatoms. The minimum Gasteiger partial charge on any atom is -0.468 e. The third-order valence-electron chi connectivity index (χ3n) is 3.95. The quantitative estimate of drug-likeness (QED) is 0.307. The molecule has 0 aromatic heterocycles. The Labute approximate surface area is 144 Å². The van der Waals surface area contributed by atoms with E-state index in [1.807, 2.05) is 12.1 Å². The van der Waals surface area contributed by atoms with Crippen LogP contribution in [-0.2, 0) is 19.1 Å². The van der Waals surface area contributed by atoms with E-state index in [1.165, 1.54) is 7.11 Å². The van der Waals surface area contributed by atoms with Gasteiger partial charge in [0.05, 0.1) is 25.9 Å². The maximum absolute atomic E-state index is 12.5. The number of ether oxygens (including phenoxy) is 2. The monoisotopic (exact) mass is 336 g/mol. The standard InChI is InChI=1S/C18H28N2O4/c1-15(2)9-5-4-6-14-24-17(22)18(10-7-12-19,11-8-13-20)16(21)23-3/h15H,4-11,14H2,1-3H3. The van der Waals surface area contributed by atoms with E-state index in [-0.39, 0.29) is 32.3 Å². The second-order valence-corrected chi connectivity index (χ2v) is 6.27. The third-order valence-corrected chi connectivity index (χ3v) is 3.95. The molecule has 0 bridgehead atoms. The van der Waals surface area contributed by atoms with Gasteiger partial charge in [-0.15, -0.1) is 0 Å². The van der Waals surface area contributed by atoms with Crippen LogP contribution < -0.4 is 0 Å². The molecule has 0 aromatic carbocycles. The molecule has 0 radical (unpaired) electrons. The van der Waals surface area contributed by atoms with Crippen LogP contribution in [0.3, 0.4) is 0 Å². The van der Waals surface area contributed by atoms with Crippen molar-refractivity contribution in [2.24, 2.45) is 11.3 Å². The zero-order valence-electron chi connectivity index (χ0n) is 15.0. The maximum Gasteiger partial charge on any atom is 0.323 e. The van der Waals surface area contributed by atoms with E-state index in [0.717, 1.165) is 25.7 Å². The Morgan fingerprint density at radius 1 is 1.00 bits per heavy atom. The fraction of sp³-hybridized carbons (Fsp3) is 0.778. The summed E-state index contributed by atoms with van der Waals surface area (Å²) in [5, 5.41) is 17.6. The first-order chi connectivity index (χ1) is 11.4. The molecule has 0 aliphatic heterocycles. The minimum atomic E-state index is -1.56. The van der Waals surface area contributed by atoms with E-state index in [9.17, 15) is 9.59 Å². The molecule has 0 amide bonds. The molecular formula is C18H28N2O4. The summed E-state index contributed by atoms with van der Waals surface area (Å²) in [4.78, 5) is 24.6. The van der Waals surface area contributed by atoms with Crippen LogP contribution >= 0.6 is 0 Å². The maximum atomic E-state index is 12.5. The van der Waals surface area contributed by atoms with Crippen molar-refractivity contribution in [1.29, 1.82) is 10.5 Å². The lowest BCUT2D eigenvalue weighted by molar-refractivity contribution is -0.172. The fourth-order valence-corrected chi connectivity index (χ4v) is 2.48. The molecule has 0 spiro atoms. The number of rotatable bonds is 12. The van der Waals surface area contributed by atoms with Gasteiger partial charge in [-0.1, -0.05) is 33.1 Å². The Hall–Kier alpha value is -2.08. The number of unbranched alkanes of at least 4 members (excludes halogenated alkanes) is 2. The number of esters is 2. The second-order valence-electron chi connectivity index (χ2n) is 6.27. The number of carbonyl (C=O) groups is 2. The van der Waals surface area contributed by atoms with E-state index >= 15 is 0 Å². The van der Waals surface area contributed by atoms with E-state index in [1.54, 1.807) is 0 Å². The van der Waals surface area contributed by atoms with E-state index in [2.05, 4.69) is 13.8 Å². The van der Waals surface area contributed by atoms with Crippen molar-refractivity contribution < 1.29 is 19.1 Å². The predicted molar refractivity (Wildman–Crippen MR) is 88.4 cm³/mol. The summed E-state index contributed by atoms with van der Waals surface area (Å²) in [6.07, 6.45) is 3.92. The van der Waals surface area contributed by atoms with Gasteiger partial charge in [0.25, 0.3) is 0 Å². The molecule has 0 atom stereocenters. The Morgan fingerprint density at radius 3 is 2.04 bits per heavy atom. The molecule has 0 aromatic rings. The van der Waals surface area contributed by atoms with Gasteiger partial charge in [0.15, 0.2) is 5.41 Å². The van der Waals surface area contributed by atoms with Crippen LogP contribution in [0.1, 0.15) is 65.2 Å². The van der Waals surface area contributed by atoms with Crippen molar-refractivity contribution in [1.82, 2.24) is 0 Å². The van der Waals surface area contributed by atoms with Crippen LogP contribution in [0, 0.1) is 34.0 Å². The summed E-state index contributed by atoms with van der Waals surface area (Å²) >= 11 is 0. The van der Waals surface area contributed by atoms with Crippen molar-refractivity contribution in [3.8, 4) is 12.1 Å². The normalized spacial score (nSPS) is 10.8. The largest absolute Gasteiger partial charge is 0.468 e. The van der Waals surface area contributed by atoms with Crippen molar-refractivity contribution in [3.63, 3.8) is 0 Å². The Bertz CT molecular complexity index is 456. The molecular weight excluding hydrogens is 308 g/mol. The number of nitriles is 2. The molecule has 0 saturated heterocycles. The molecule has 24 heavy (non-hydrogen) atoms. The van der Waals surface area contributed by atoms with Crippen molar-refractivity contribution in [2.75, 3.05) is 13.7 Å². The minimum absolute atomic E-state index is 0.00400. The van der Waals surface area contributed by atoms with Gasteiger partial charge in [0.1, 0.15) is 0 Å². The van der Waals surface area contributed by atoms with Gasteiger partial charge in [0, 0.05) is 12.8 Å². The average molecular weight is 336 g/mol. The molecule has 0 saturated carbocycles. The lowest BCUT2D eigenvalue weighted by Gasteiger charge is -2.27. The first-order valence-corrected chi connectivity index (χ1v) is 8.44. The van der Waals surface area contributed by atoms with Crippen molar-refractivity contribution in [2.45, 2.75) is 65.2 Å². The molecule has 0 rings (SSSR count). The predicted octanol–water partition coefficient (Wildman–Crippen LogP) is 3.51. The lowest BCUT2D eigenvalue weighted by atomic mass is 9.79. The molecule has 0 unspecified atom stereocenters. The Morgan fingerprint density at radius 2 is 1.58 bits per heavy atom. The van der Waals surface area contributed by atoms with Crippen LogP contribution in [0.4, 0.5) is 0 Å². The van der Waals surface area contributed by atoms with Crippen LogP contribution in [0.15, 0.2) is 0 Å². The van der Waals surface area contributed by atoms with Gasteiger partial charge < -0.3 is 9.47 Å². The smallest absolute Gasteiger partial charge is 0.323 e. The highest BCUT2D eigenvalue weighted by Crippen LogP contribution is 2.33. The third kappa shape index (κ3) is 7.46. The van der Waals surface area contributed by atoms with Gasteiger partial charge in [-0.05, 0) is 25.2 Å². The molecule has 6 nitrogen and oxygen atoms in total. The molecule has 0 heterocycles. The summed E-state index contributed by atoms with van der Waals surface area (Å²) in [6, 6.07) is 3.86. The molecule has 0 N–H and O–H groups in total. The summed E-state index contributed by atoms with van der Waals surface area (Å²) in [6.45, 7) is 4.55. The van der Waals surface area contributed by atoms with Gasteiger partial charge in [-0.3, -0.25) is 9.59 Å². The average Bonchev–Trinajstić information content (AvgIpc) is 2.57. The van der Waals surface area contributed by atoms with Crippen LogP contribution in [0.2, 0.25) is 0 Å². The highest BCUT2D eigenvalue weighted by Gasteiger charge is 2.47. The zero-order valence-corrected chi connectivity index (χ0v) is 15.0. The first-order valence-electron chi connectivity index (χ1n) is 8.44. The van der Waals surface area contributed by atoms with E-state index in [4.69, 9.17) is 20.0 Å². The molecule has 0 aliphatic rings. The second kappa shape index (κ2) is 12.4.